The van der Waals surface area contributed by atoms with E-state index in [1.807, 2.05) is 12.1 Å². The van der Waals surface area contributed by atoms with Crippen LogP contribution in [-0.4, -0.2) is 22.9 Å². The fraction of sp³-hybridized carbons (Fsp3) is 0.143. The molecular formula is C14H14N4O3. The molecule has 21 heavy (non-hydrogen) atoms. The van der Waals surface area contributed by atoms with Gasteiger partial charge in [-0.15, -0.1) is 0 Å². The normalized spacial score (nSPS) is 9.95. The predicted molar refractivity (Wildman–Crippen MR) is 78.1 cm³/mol. The van der Waals surface area contributed by atoms with Crippen molar-refractivity contribution in [3.63, 3.8) is 0 Å². The molecule has 0 saturated heterocycles. The highest BCUT2D eigenvalue weighted by molar-refractivity contribution is 5.93. The molecule has 0 unspecified atom stereocenters. The van der Waals surface area contributed by atoms with Gasteiger partial charge in [-0.1, -0.05) is 12.1 Å². The average Bonchev–Trinajstić information content (AvgIpc) is 2.53. The summed E-state index contributed by atoms with van der Waals surface area (Å²) in [5.41, 5.74) is 1.52. The van der Waals surface area contributed by atoms with Gasteiger partial charge in [0.1, 0.15) is 12.0 Å². The van der Waals surface area contributed by atoms with Crippen molar-refractivity contribution in [1.29, 1.82) is 0 Å². The molecule has 0 aliphatic heterocycles. The standard InChI is InChI=1S/C14H14N4O3/c1-15-14(19)11-4-2-10(3-5-11)8-16-13-7-6-12(9-17-13)18(20)21/h2-7,9H,8H2,1H3,(H,15,19)(H,16,17). The first-order valence-corrected chi connectivity index (χ1v) is 6.25. The van der Waals surface area contributed by atoms with Gasteiger partial charge in [-0.3, -0.25) is 14.9 Å². The van der Waals surface area contributed by atoms with Crippen LogP contribution in [0.5, 0.6) is 0 Å². The lowest BCUT2D eigenvalue weighted by molar-refractivity contribution is -0.385. The summed E-state index contributed by atoms with van der Waals surface area (Å²) >= 11 is 0. The SMILES string of the molecule is CNC(=O)c1ccc(CNc2ccc([N+](=O)[O-])cn2)cc1. The van der Waals surface area contributed by atoms with Crippen molar-refractivity contribution in [3.05, 3.63) is 63.8 Å². The molecular weight excluding hydrogens is 272 g/mol. The van der Waals surface area contributed by atoms with E-state index in [-0.39, 0.29) is 11.6 Å². The molecule has 108 valence electrons. The van der Waals surface area contributed by atoms with Crippen LogP contribution in [0.3, 0.4) is 0 Å². The number of pyridine rings is 1. The molecule has 0 radical (unpaired) electrons. The largest absolute Gasteiger partial charge is 0.366 e. The number of carbonyl (C=O) groups is 1. The zero-order chi connectivity index (χ0) is 15.2. The van der Waals surface area contributed by atoms with Crippen molar-refractivity contribution in [2.75, 3.05) is 12.4 Å². The molecule has 7 nitrogen and oxygen atoms in total. The van der Waals surface area contributed by atoms with E-state index in [0.29, 0.717) is 17.9 Å². The van der Waals surface area contributed by atoms with Crippen LogP contribution in [0.15, 0.2) is 42.6 Å². The van der Waals surface area contributed by atoms with Crippen LogP contribution >= 0.6 is 0 Å². The van der Waals surface area contributed by atoms with E-state index in [2.05, 4.69) is 15.6 Å². The summed E-state index contributed by atoms with van der Waals surface area (Å²) in [5, 5.41) is 16.1. The Hall–Kier alpha value is -2.96. The number of amides is 1. The molecule has 0 atom stereocenters. The van der Waals surface area contributed by atoms with Gasteiger partial charge in [-0.25, -0.2) is 4.98 Å². The maximum Gasteiger partial charge on any atom is 0.287 e. The van der Waals surface area contributed by atoms with Gasteiger partial charge in [0, 0.05) is 25.2 Å². The molecule has 2 rings (SSSR count). The Kier molecular flexibility index (Phi) is 4.45. The van der Waals surface area contributed by atoms with Crippen molar-refractivity contribution >= 4 is 17.4 Å². The lowest BCUT2D eigenvalue weighted by Gasteiger charge is -2.06. The summed E-state index contributed by atoms with van der Waals surface area (Å²) < 4.78 is 0. The van der Waals surface area contributed by atoms with Crippen LogP contribution < -0.4 is 10.6 Å². The second-order valence-corrected chi connectivity index (χ2v) is 4.29. The van der Waals surface area contributed by atoms with E-state index in [1.54, 1.807) is 25.2 Å². The van der Waals surface area contributed by atoms with Crippen molar-refractivity contribution in [2.45, 2.75) is 6.54 Å². The third-order valence-corrected chi connectivity index (χ3v) is 2.88. The molecule has 2 aromatic rings. The molecule has 0 aliphatic carbocycles. The number of carbonyl (C=O) groups excluding carboxylic acids is 1. The highest BCUT2D eigenvalue weighted by atomic mass is 16.6. The molecule has 0 aliphatic rings. The van der Waals surface area contributed by atoms with Crippen molar-refractivity contribution < 1.29 is 9.72 Å². The number of benzene rings is 1. The number of nitro groups is 1. The van der Waals surface area contributed by atoms with Crippen LogP contribution in [0.2, 0.25) is 0 Å². The topological polar surface area (TPSA) is 97.2 Å². The maximum atomic E-state index is 11.4. The summed E-state index contributed by atoms with van der Waals surface area (Å²) in [6, 6.07) is 10.1. The number of rotatable bonds is 5. The van der Waals surface area contributed by atoms with Gasteiger partial charge in [0.05, 0.1) is 4.92 Å². The zero-order valence-corrected chi connectivity index (χ0v) is 11.4. The quantitative estimate of drug-likeness (QED) is 0.647. The maximum absolute atomic E-state index is 11.4. The highest BCUT2D eigenvalue weighted by Crippen LogP contribution is 2.13. The fourth-order valence-corrected chi connectivity index (χ4v) is 1.71. The van der Waals surface area contributed by atoms with Gasteiger partial charge in [0.25, 0.3) is 11.6 Å². The zero-order valence-electron chi connectivity index (χ0n) is 11.4. The summed E-state index contributed by atoms with van der Waals surface area (Å²) in [6.07, 6.45) is 1.21. The molecule has 0 saturated carbocycles. The highest BCUT2D eigenvalue weighted by Gasteiger charge is 2.05. The van der Waals surface area contributed by atoms with Crippen molar-refractivity contribution in [2.24, 2.45) is 0 Å². The van der Waals surface area contributed by atoms with E-state index in [1.165, 1.54) is 12.3 Å². The van der Waals surface area contributed by atoms with E-state index >= 15 is 0 Å². The Bertz CT molecular complexity index is 638. The molecule has 0 fully saturated rings. The molecule has 7 heteroatoms. The number of anilines is 1. The van der Waals surface area contributed by atoms with E-state index in [9.17, 15) is 14.9 Å². The summed E-state index contributed by atoms with van der Waals surface area (Å²) in [7, 11) is 1.58. The Balaban J connectivity index is 1.96. The average molecular weight is 286 g/mol. The van der Waals surface area contributed by atoms with E-state index in [0.717, 1.165) is 5.56 Å². The van der Waals surface area contributed by atoms with Crippen LogP contribution in [0, 0.1) is 10.1 Å². The van der Waals surface area contributed by atoms with Crippen LogP contribution in [0.4, 0.5) is 11.5 Å². The second kappa shape index (κ2) is 6.47. The monoisotopic (exact) mass is 286 g/mol. The van der Waals surface area contributed by atoms with Crippen molar-refractivity contribution in [1.82, 2.24) is 10.3 Å². The fourth-order valence-electron chi connectivity index (χ4n) is 1.71. The van der Waals surface area contributed by atoms with Crippen LogP contribution in [0.1, 0.15) is 15.9 Å². The minimum absolute atomic E-state index is 0.0459. The first-order valence-electron chi connectivity index (χ1n) is 6.25. The molecule has 1 aromatic carbocycles. The Morgan fingerprint density at radius 3 is 2.48 bits per heavy atom. The Morgan fingerprint density at radius 2 is 1.95 bits per heavy atom. The number of hydrogen-bond acceptors (Lipinski definition) is 5. The van der Waals surface area contributed by atoms with E-state index in [4.69, 9.17) is 0 Å². The van der Waals surface area contributed by atoms with Crippen LogP contribution in [-0.2, 0) is 6.54 Å². The first kappa shape index (κ1) is 14.4. The molecule has 0 bridgehead atoms. The number of hydrogen-bond donors (Lipinski definition) is 2. The third-order valence-electron chi connectivity index (χ3n) is 2.88. The second-order valence-electron chi connectivity index (χ2n) is 4.29. The lowest BCUT2D eigenvalue weighted by Crippen LogP contribution is -2.17. The number of nitrogens with one attached hydrogen (secondary N) is 2. The first-order chi connectivity index (χ1) is 10.1. The lowest BCUT2D eigenvalue weighted by atomic mass is 10.1. The van der Waals surface area contributed by atoms with Gasteiger partial charge in [0.15, 0.2) is 0 Å². The van der Waals surface area contributed by atoms with E-state index < -0.39 is 4.92 Å². The summed E-state index contributed by atoms with van der Waals surface area (Å²) in [4.78, 5) is 25.4. The van der Waals surface area contributed by atoms with Crippen molar-refractivity contribution in [3.8, 4) is 0 Å². The Morgan fingerprint density at radius 1 is 1.24 bits per heavy atom. The van der Waals surface area contributed by atoms with Gasteiger partial charge in [-0.05, 0) is 23.8 Å². The minimum atomic E-state index is -0.492. The van der Waals surface area contributed by atoms with Crippen LogP contribution in [0.25, 0.3) is 0 Å². The van der Waals surface area contributed by atoms with Gasteiger partial charge >= 0.3 is 0 Å². The minimum Gasteiger partial charge on any atom is -0.366 e. The molecule has 1 aromatic heterocycles. The molecule has 1 amide bonds. The molecule has 0 spiro atoms. The summed E-state index contributed by atoms with van der Waals surface area (Å²) in [6.45, 7) is 0.513. The van der Waals surface area contributed by atoms with Gasteiger partial charge in [-0.2, -0.15) is 0 Å². The van der Waals surface area contributed by atoms with Gasteiger partial charge < -0.3 is 10.6 Å². The number of aromatic nitrogens is 1. The smallest absolute Gasteiger partial charge is 0.287 e. The predicted octanol–water partition coefficient (Wildman–Crippen LogP) is 1.96. The Labute approximate surface area is 121 Å². The number of nitrogens with zero attached hydrogens (tertiary/aromatic N) is 2. The molecule has 1 heterocycles. The van der Waals surface area contributed by atoms with Gasteiger partial charge in [0.2, 0.25) is 0 Å². The summed E-state index contributed by atoms with van der Waals surface area (Å²) in [5.74, 6) is 0.419. The molecule has 2 N–H and O–H groups in total. The third kappa shape index (κ3) is 3.75.